The third kappa shape index (κ3) is 2.44. The summed E-state index contributed by atoms with van der Waals surface area (Å²) in [6.07, 6.45) is 6.28. The zero-order valence-electron chi connectivity index (χ0n) is 10.8. The summed E-state index contributed by atoms with van der Waals surface area (Å²) in [5, 5.41) is 0. The van der Waals surface area contributed by atoms with Gasteiger partial charge in [-0.2, -0.15) is 0 Å². The summed E-state index contributed by atoms with van der Waals surface area (Å²) in [7, 11) is 1.75. The van der Waals surface area contributed by atoms with Crippen molar-refractivity contribution in [3.8, 4) is 5.75 Å². The normalized spacial score (nSPS) is 19.0. The number of rotatable bonds is 3. The van der Waals surface area contributed by atoms with Crippen LogP contribution in [0.1, 0.15) is 43.2 Å². The maximum atomic E-state index is 6.30. The average Bonchev–Trinajstić information content (AvgIpc) is 2.39. The molecule has 94 valence electrons. The van der Waals surface area contributed by atoms with Crippen LogP contribution in [0.2, 0.25) is 0 Å². The van der Waals surface area contributed by atoms with Crippen LogP contribution in [0.25, 0.3) is 0 Å². The van der Waals surface area contributed by atoms with E-state index in [0.29, 0.717) is 5.88 Å². The van der Waals surface area contributed by atoms with E-state index in [1.165, 1.54) is 43.2 Å². The SMILES string of the molecule is COc1ccc(C)cc1C1(CCl)CCCCC1. The molecule has 0 radical (unpaired) electrons. The Labute approximate surface area is 109 Å². The summed E-state index contributed by atoms with van der Waals surface area (Å²) in [4.78, 5) is 0. The number of halogens is 1. The van der Waals surface area contributed by atoms with Gasteiger partial charge in [-0.05, 0) is 25.8 Å². The highest BCUT2D eigenvalue weighted by atomic mass is 35.5. The minimum absolute atomic E-state index is 0.136. The highest BCUT2D eigenvalue weighted by molar-refractivity contribution is 6.18. The molecule has 2 heteroatoms. The molecule has 1 aromatic rings. The highest BCUT2D eigenvalue weighted by Crippen LogP contribution is 2.44. The Morgan fingerprint density at radius 1 is 1.24 bits per heavy atom. The van der Waals surface area contributed by atoms with E-state index < -0.39 is 0 Å². The monoisotopic (exact) mass is 252 g/mol. The molecule has 0 aliphatic heterocycles. The van der Waals surface area contributed by atoms with Gasteiger partial charge in [0.1, 0.15) is 5.75 Å². The van der Waals surface area contributed by atoms with Crippen molar-refractivity contribution in [2.45, 2.75) is 44.4 Å². The van der Waals surface area contributed by atoms with Crippen molar-refractivity contribution < 1.29 is 4.74 Å². The van der Waals surface area contributed by atoms with Gasteiger partial charge >= 0.3 is 0 Å². The number of hydrogen-bond acceptors (Lipinski definition) is 1. The lowest BCUT2D eigenvalue weighted by Gasteiger charge is -2.37. The first-order valence-corrected chi connectivity index (χ1v) is 6.96. The first-order valence-electron chi connectivity index (χ1n) is 6.43. The van der Waals surface area contributed by atoms with Crippen LogP contribution in [-0.4, -0.2) is 13.0 Å². The minimum Gasteiger partial charge on any atom is -0.496 e. The fraction of sp³-hybridized carbons (Fsp3) is 0.600. The van der Waals surface area contributed by atoms with Crippen molar-refractivity contribution in [3.05, 3.63) is 29.3 Å². The van der Waals surface area contributed by atoms with Crippen molar-refractivity contribution in [1.29, 1.82) is 0 Å². The van der Waals surface area contributed by atoms with Gasteiger partial charge in [-0.3, -0.25) is 0 Å². The summed E-state index contributed by atoms with van der Waals surface area (Å²) < 4.78 is 5.52. The second-order valence-corrected chi connectivity index (χ2v) is 5.45. The number of aryl methyl sites for hydroxylation is 1. The quantitative estimate of drug-likeness (QED) is 0.723. The van der Waals surface area contributed by atoms with E-state index in [9.17, 15) is 0 Å². The second-order valence-electron chi connectivity index (χ2n) is 5.18. The molecular weight excluding hydrogens is 232 g/mol. The van der Waals surface area contributed by atoms with Gasteiger partial charge in [0.2, 0.25) is 0 Å². The standard InChI is InChI=1S/C15H21ClO/c1-12-6-7-14(17-2)13(10-12)15(11-16)8-4-3-5-9-15/h6-7,10H,3-5,8-9,11H2,1-2H3. The van der Waals surface area contributed by atoms with Crippen molar-refractivity contribution in [1.82, 2.24) is 0 Å². The Balaban J connectivity index is 2.44. The van der Waals surface area contributed by atoms with Crippen LogP contribution in [0, 0.1) is 6.92 Å². The van der Waals surface area contributed by atoms with E-state index >= 15 is 0 Å². The van der Waals surface area contributed by atoms with Gasteiger partial charge in [0.15, 0.2) is 0 Å². The fourth-order valence-electron chi connectivity index (χ4n) is 2.94. The predicted molar refractivity (Wildman–Crippen MR) is 73.2 cm³/mol. The molecule has 1 aliphatic carbocycles. The Hall–Kier alpha value is -0.690. The van der Waals surface area contributed by atoms with Crippen molar-refractivity contribution in [2.24, 2.45) is 0 Å². The largest absolute Gasteiger partial charge is 0.496 e. The van der Waals surface area contributed by atoms with Crippen molar-refractivity contribution >= 4 is 11.6 Å². The van der Waals surface area contributed by atoms with Gasteiger partial charge in [0, 0.05) is 16.9 Å². The summed E-state index contributed by atoms with van der Waals surface area (Å²) in [6.45, 7) is 2.13. The molecule has 0 bridgehead atoms. The van der Waals surface area contributed by atoms with E-state index in [0.717, 1.165) is 5.75 Å². The number of methoxy groups -OCH3 is 1. The molecule has 1 nitrogen and oxygen atoms in total. The third-order valence-electron chi connectivity index (χ3n) is 3.99. The molecule has 0 aromatic heterocycles. The lowest BCUT2D eigenvalue weighted by Crippen LogP contribution is -2.31. The molecule has 0 atom stereocenters. The fourth-order valence-corrected chi connectivity index (χ4v) is 3.35. The van der Waals surface area contributed by atoms with Crippen molar-refractivity contribution in [3.63, 3.8) is 0 Å². The maximum absolute atomic E-state index is 6.30. The highest BCUT2D eigenvalue weighted by Gasteiger charge is 2.35. The summed E-state index contributed by atoms with van der Waals surface area (Å²) in [6, 6.07) is 6.44. The van der Waals surface area contributed by atoms with Crippen LogP contribution in [0.5, 0.6) is 5.75 Å². The van der Waals surface area contributed by atoms with Gasteiger partial charge in [-0.15, -0.1) is 11.6 Å². The number of hydrogen-bond donors (Lipinski definition) is 0. The van der Waals surface area contributed by atoms with Crippen LogP contribution >= 0.6 is 11.6 Å². The molecular formula is C15H21ClO. The van der Waals surface area contributed by atoms with E-state index in [-0.39, 0.29) is 5.41 Å². The molecule has 17 heavy (non-hydrogen) atoms. The molecule has 2 rings (SSSR count). The van der Waals surface area contributed by atoms with Crippen LogP contribution in [0.4, 0.5) is 0 Å². The number of alkyl halides is 1. The summed E-state index contributed by atoms with van der Waals surface area (Å²) >= 11 is 6.30. The van der Waals surface area contributed by atoms with E-state index in [1.54, 1.807) is 7.11 Å². The van der Waals surface area contributed by atoms with Crippen LogP contribution in [0.15, 0.2) is 18.2 Å². The lowest BCUT2D eigenvalue weighted by molar-refractivity contribution is 0.308. The Morgan fingerprint density at radius 2 is 1.94 bits per heavy atom. The molecule has 0 heterocycles. The molecule has 1 fully saturated rings. The number of ether oxygens (including phenoxy) is 1. The summed E-state index contributed by atoms with van der Waals surface area (Å²) in [5.74, 6) is 1.70. The molecule has 1 aliphatic rings. The molecule has 0 saturated heterocycles. The molecule has 0 unspecified atom stereocenters. The Bertz CT molecular complexity index is 381. The molecule has 0 amide bonds. The van der Waals surface area contributed by atoms with Crippen LogP contribution in [-0.2, 0) is 5.41 Å². The van der Waals surface area contributed by atoms with E-state index in [2.05, 4.69) is 25.1 Å². The zero-order valence-corrected chi connectivity index (χ0v) is 11.5. The molecule has 1 saturated carbocycles. The zero-order chi connectivity index (χ0) is 12.3. The molecule has 0 spiro atoms. The van der Waals surface area contributed by atoms with E-state index in [1.807, 2.05) is 0 Å². The van der Waals surface area contributed by atoms with Crippen LogP contribution < -0.4 is 4.74 Å². The van der Waals surface area contributed by atoms with Gasteiger partial charge in [-0.25, -0.2) is 0 Å². The first-order chi connectivity index (χ1) is 8.22. The minimum atomic E-state index is 0.136. The van der Waals surface area contributed by atoms with Crippen molar-refractivity contribution in [2.75, 3.05) is 13.0 Å². The first kappa shape index (κ1) is 12.8. The van der Waals surface area contributed by atoms with Gasteiger partial charge < -0.3 is 4.74 Å². The predicted octanol–water partition coefficient (Wildman–Crippen LogP) is 4.44. The van der Waals surface area contributed by atoms with Gasteiger partial charge in [-0.1, -0.05) is 37.0 Å². The topological polar surface area (TPSA) is 9.23 Å². The van der Waals surface area contributed by atoms with Gasteiger partial charge in [0.25, 0.3) is 0 Å². The smallest absolute Gasteiger partial charge is 0.122 e. The van der Waals surface area contributed by atoms with Gasteiger partial charge in [0.05, 0.1) is 7.11 Å². The lowest BCUT2D eigenvalue weighted by atomic mass is 9.70. The van der Waals surface area contributed by atoms with Crippen LogP contribution in [0.3, 0.4) is 0 Å². The van der Waals surface area contributed by atoms with E-state index in [4.69, 9.17) is 16.3 Å². The number of benzene rings is 1. The average molecular weight is 253 g/mol. The Kier molecular flexibility index (Phi) is 3.98. The Morgan fingerprint density at radius 3 is 2.53 bits per heavy atom. The molecule has 1 aromatic carbocycles. The second kappa shape index (κ2) is 5.30. The molecule has 0 N–H and O–H groups in total. The third-order valence-corrected chi connectivity index (χ3v) is 4.50. The summed E-state index contributed by atoms with van der Waals surface area (Å²) in [5.41, 5.74) is 2.74. The maximum Gasteiger partial charge on any atom is 0.122 e.